The molecule has 5 heteroatoms. The largest absolute Gasteiger partial charge is 0.297 e. The Morgan fingerprint density at radius 1 is 1.39 bits per heavy atom. The number of thiophene rings is 1. The molecule has 0 bridgehead atoms. The third-order valence-electron chi connectivity index (χ3n) is 3.87. The second-order valence-electron chi connectivity index (χ2n) is 4.62. The maximum Gasteiger partial charge on any atom is 0.0931 e. The van der Waals surface area contributed by atoms with Crippen LogP contribution in [0, 0.1) is 0 Å². The molecule has 3 N–H and O–H groups in total. The lowest BCUT2D eigenvalue weighted by Crippen LogP contribution is -2.55. The van der Waals surface area contributed by atoms with Gasteiger partial charge in [-0.25, -0.2) is 0 Å². The highest BCUT2D eigenvalue weighted by molar-refractivity contribution is 7.16. The second-order valence-corrected chi connectivity index (χ2v) is 6.37. The first-order valence-corrected chi connectivity index (χ1v) is 7.69. The van der Waals surface area contributed by atoms with Crippen LogP contribution in [0.4, 0.5) is 0 Å². The lowest BCUT2D eigenvalue weighted by atomic mass is 9.86. The number of nitrogens with one attached hydrogen (secondary N) is 1. The number of hydrogen-bond donors (Lipinski definition) is 2. The van der Waals surface area contributed by atoms with E-state index in [1.54, 1.807) is 11.3 Å². The van der Waals surface area contributed by atoms with Crippen LogP contribution in [0.15, 0.2) is 12.1 Å². The first-order valence-electron chi connectivity index (χ1n) is 6.49. The predicted molar refractivity (Wildman–Crippen MR) is 81.0 cm³/mol. The third kappa shape index (κ3) is 3.06. The van der Waals surface area contributed by atoms with E-state index < -0.39 is 0 Å². The van der Waals surface area contributed by atoms with E-state index in [1.165, 1.54) is 4.88 Å². The van der Waals surface area contributed by atoms with Gasteiger partial charge in [0.15, 0.2) is 0 Å². The smallest absolute Gasteiger partial charge is 0.0931 e. The highest BCUT2D eigenvalue weighted by atomic mass is 35.5. The Morgan fingerprint density at radius 3 is 2.33 bits per heavy atom. The summed E-state index contributed by atoms with van der Waals surface area (Å²) in [6.07, 6.45) is 1.03. The van der Waals surface area contributed by atoms with Crippen LogP contribution in [-0.2, 0) is 0 Å². The number of rotatable bonds is 7. The van der Waals surface area contributed by atoms with Crippen molar-refractivity contribution in [2.75, 3.05) is 13.1 Å². The Kier molecular flexibility index (Phi) is 6.08. The minimum atomic E-state index is -0.00751. The van der Waals surface area contributed by atoms with Crippen LogP contribution < -0.4 is 11.3 Å². The molecule has 0 amide bonds. The molecule has 1 rings (SSSR count). The Balaban J connectivity index is 3.10. The van der Waals surface area contributed by atoms with Gasteiger partial charge in [0.2, 0.25) is 0 Å². The fourth-order valence-electron chi connectivity index (χ4n) is 2.61. The van der Waals surface area contributed by atoms with Crippen LogP contribution in [0.3, 0.4) is 0 Å². The topological polar surface area (TPSA) is 41.3 Å². The average molecular weight is 290 g/mol. The SMILES string of the molecule is CCN(CC)C(C)(CC)C(NN)c1ccc(Cl)s1. The van der Waals surface area contributed by atoms with Crippen molar-refractivity contribution in [2.45, 2.75) is 45.7 Å². The molecule has 3 nitrogen and oxygen atoms in total. The standard InChI is InChI=1S/C13H24ClN3S/c1-5-13(4,17(6-2)7-3)12(16-15)10-8-9-11(14)18-10/h8-9,12,16H,5-7,15H2,1-4H3. The number of nitrogens with zero attached hydrogens (tertiary/aromatic N) is 1. The summed E-state index contributed by atoms with van der Waals surface area (Å²) in [6.45, 7) is 10.9. The average Bonchev–Trinajstić information content (AvgIpc) is 2.78. The normalized spacial score (nSPS) is 16.8. The Hall–Kier alpha value is -0.130. The van der Waals surface area contributed by atoms with Crippen LogP contribution in [0.25, 0.3) is 0 Å². The van der Waals surface area contributed by atoms with Crippen molar-refractivity contribution in [1.29, 1.82) is 0 Å². The molecule has 0 aromatic carbocycles. The molecule has 0 saturated carbocycles. The van der Waals surface area contributed by atoms with Crippen molar-refractivity contribution in [3.63, 3.8) is 0 Å². The molecular weight excluding hydrogens is 266 g/mol. The molecule has 0 aliphatic carbocycles. The lowest BCUT2D eigenvalue weighted by molar-refractivity contribution is 0.0711. The molecule has 0 radical (unpaired) electrons. The van der Waals surface area contributed by atoms with E-state index in [1.807, 2.05) is 6.07 Å². The summed E-state index contributed by atoms with van der Waals surface area (Å²) >= 11 is 7.64. The Morgan fingerprint density at radius 2 is 2.00 bits per heavy atom. The highest BCUT2D eigenvalue weighted by Gasteiger charge is 2.38. The zero-order chi connectivity index (χ0) is 13.8. The second kappa shape index (κ2) is 6.87. The van der Waals surface area contributed by atoms with Crippen molar-refractivity contribution in [3.8, 4) is 0 Å². The van der Waals surface area contributed by atoms with Gasteiger partial charge in [-0.3, -0.25) is 16.2 Å². The summed E-state index contributed by atoms with van der Waals surface area (Å²) < 4.78 is 0.809. The summed E-state index contributed by atoms with van der Waals surface area (Å²) in [4.78, 5) is 3.64. The monoisotopic (exact) mass is 289 g/mol. The molecule has 2 atom stereocenters. The van der Waals surface area contributed by atoms with E-state index in [4.69, 9.17) is 17.4 Å². The van der Waals surface area contributed by atoms with Gasteiger partial charge in [-0.2, -0.15) is 0 Å². The van der Waals surface area contributed by atoms with Crippen LogP contribution in [0.5, 0.6) is 0 Å². The maximum atomic E-state index is 6.04. The fourth-order valence-corrected chi connectivity index (χ4v) is 3.88. The van der Waals surface area contributed by atoms with Crippen LogP contribution in [-0.4, -0.2) is 23.5 Å². The molecular formula is C13H24ClN3S. The molecule has 0 aliphatic rings. The van der Waals surface area contributed by atoms with Gasteiger partial charge in [-0.15, -0.1) is 11.3 Å². The van der Waals surface area contributed by atoms with Gasteiger partial charge in [0.25, 0.3) is 0 Å². The van der Waals surface area contributed by atoms with Gasteiger partial charge in [0, 0.05) is 10.4 Å². The zero-order valence-corrected chi connectivity index (χ0v) is 13.2. The van der Waals surface area contributed by atoms with Crippen LogP contribution in [0.2, 0.25) is 4.34 Å². The number of nitrogens with two attached hydrogens (primary N) is 1. The van der Waals surface area contributed by atoms with E-state index in [2.05, 4.69) is 44.1 Å². The van der Waals surface area contributed by atoms with E-state index in [0.717, 1.165) is 23.8 Å². The Bertz CT molecular complexity index is 365. The molecule has 1 aromatic heterocycles. The van der Waals surface area contributed by atoms with E-state index in [-0.39, 0.29) is 11.6 Å². The number of likely N-dealkylation sites (N-methyl/N-ethyl adjacent to an activating group) is 1. The third-order valence-corrected chi connectivity index (χ3v) is 5.16. The summed E-state index contributed by atoms with van der Waals surface area (Å²) in [5.74, 6) is 5.81. The van der Waals surface area contributed by atoms with Gasteiger partial charge >= 0.3 is 0 Å². The molecule has 0 spiro atoms. The van der Waals surface area contributed by atoms with Crippen molar-refractivity contribution >= 4 is 22.9 Å². The predicted octanol–water partition coefficient (Wildman–Crippen LogP) is 3.42. The molecule has 0 saturated heterocycles. The minimum absolute atomic E-state index is 0.00751. The lowest BCUT2D eigenvalue weighted by Gasteiger charge is -2.45. The van der Waals surface area contributed by atoms with Crippen molar-refractivity contribution in [3.05, 3.63) is 21.3 Å². The van der Waals surface area contributed by atoms with E-state index in [0.29, 0.717) is 0 Å². The molecule has 18 heavy (non-hydrogen) atoms. The van der Waals surface area contributed by atoms with Gasteiger partial charge in [0.05, 0.1) is 10.4 Å². The maximum absolute atomic E-state index is 6.04. The molecule has 104 valence electrons. The van der Waals surface area contributed by atoms with E-state index in [9.17, 15) is 0 Å². The zero-order valence-electron chi connectivity index (χ0n) is 11.7. The van der Waals surface area contributed by atoms with Crippen molar-refractivity contribution < 1.29 is 0 Å². The number of halogens is 1. The highest BCUT2D eigenvalue weighted by Crippen LogP contribution is 2.37. The van der Waals surface area contributed by atoms with Gasteiger partial charge in [-0.1, -0.05) is 32.4 Å². The summed E-state index contributed by atoms with van der Waals surface area (Å²) in [5.41, 5.74) is 2.97. The minimum Gasteiger partial charge on any atom is -0.297 e. The molecule has 0 aliphatic heterocycles. The molecule has 1 heterocycles. The first-order chi connectivity index (χ1) is 8.53. The summed E-state index contributed by atoms with van der Waals surface area (Å²) in [5, 5.41) is 0. The van der Waals surface area contributed by atoms with Crippen LogP contribution in [0.1, 0.15) is 45.0 Å². The van der Waals surface area contributed by atoms with Crippen LogP contribution >= 0.6 is 22.9 Å². The fraction of sp³-hybridized carbons (Fsp3) is 0.692. The van der Waals surface area contributed by atoms with Crippen molar-refractivity contribution in [1.82, 2.24) is 10.3 Å². The molecule has 0 fully saturated rings. The quantitative estimate of drug-likeness (QED) is 0.597. The Labute approximate surface area is 119 Å². The van der Waals surface area contributed by atoms with Crippen molar-refractivity contribution in [2.24, 2.45) is 5.84 Å². The van der Waals surface area contributed by atoms with Gasteiger partial charge in [0.1, 0.15) is 0 Å². The summed E-state index contributed by atoms with van der Waals surface area (Å²) in [6, 6.07) is 4.10. The number of hydrogen-bond acceptors (Lipinski definition) is 4. The molecule has 2 unspecified atom stereocenters. The number of hydrazine groups is 1. The van der Waals surface area contributed by atoms with Gasteiger partial charge < -0.3 is 0 Å². The van der Waals surface area contributed by atoms with Gasteiger partial charge in [-0.05, 0) is 38.6 Å². The van der Waals surface area contributed by atoms with E-state index >= 15 is 0 Å². The molecule has 1 aromatic rings. The first kappa shape index (κ1) is 15.9. The summed E-state index contributed by atoms with van der Waals surface area (Å²) in [7, 11) is 0.